The molecule has 8 heteroatoms. The maximum absolute atomic E-state index is 12.1. The number of carbonyl (C=O) groups is 3. The summed E-state index contributed by atoms with van der Waals surface area (Å²) in [4.78, 5) is 47.2. The number of benzene rings is 2. The molecule has 142 valence electrons. The third kappa shape index (κ3) is 4.61. The molecule has 0 unspecified atom stereocenters. The van der Waals surface area contributed by atoms with Crippen molar-refractivity contribution >= 4 is 40.1 Å². The van der Waals surface area contributed by atoms with Crippen molar-refractivity contribution in [1.29, 1.82) is 0 Å². The Morgan fingerprint density at radius 3 is 2.43 bits per heavy atom. The second kappa shape index (κ2) is 8.17. The number of fused-ring (bicyclic) bond motifs is 1. The summed E-state index contributed by atoms with van der Waals surface area (Å²) in [6.07, 6.45) is 0. The van der Waals surface area contributed by atoms with Crippen LogP contribution >= 0.6 is 0 Å². The fourth-order valence-electron chi connectivity index (χ4n) is 2.48. The zero-order valence-corrected chi connectivity index (χ0v) is 14.9. The van der Waals surface area contributed by atoms with Gasteiger partial charge >= 0.3 is 5.97 Å². The molecule has 0 atom stereocenters. The summed E-state index contributed by atoms with van der Waals surface area (Å²) in [5, 5.41) is 5.48. The third-order valence-corrected chi connectivity index (χ3v) is 3.64. The van der Waals surface area contributed by atoms with Gasteiger partial charge in [0.1, 0.15) is 5.58 Å². The Labute approximate surface area is 159 Å². The third-order valence-electron chi connectivity index (χ3n) is 3.64. The molecule has 0 radical (unpaired) electrons. The number of hydrogen-bond donors (Lipinski definition) is 2. The lowest BCUT2D eigenvalue weighted by molar-refractivity contribution is -0.119. The molecule has 0 aliphatic heterocycles. The van der Waals surface area contributed by atoms with Gasteiger partial charge in [-0.05, 0) is 30.3 Å². The molecule has 2 N–H and O–H groups in total. The normalized spacial score (nSPS) is 10.3. The highest BCUT2D eigenvalue weighted by Crippen LogP contribution is 2.15. The largest absolute Gasteiger partial charge is 0.450 e. The van der Waals surface area contributed by atoms with Gasteiger partial charge in [-0.15, -0.1) is 0 Å². The highest BCUT2D eigenvalue weighted by molar-refractivity contribution is 5.96. The van der Waals surface area contributed by atoms with Crippen LogP contribution < -0.4 is 16.1 Å². The van der Waals surface area contributed by atoms with Crippen molar-refractivity contribution < 1.29 is 23.5 Å². The van der Waals surface area contributed by atoms with Gasteiger partial charge in [-0.2, -0.15) is 0 Å². The van der Waals surface area contributed by atoms with E-state index in [2.05, 4.69) is 10.6 Å². The maximum atomic E-state index is 12.1. The summed E-state index contributed by atoms with van der Waals surface area (Å²) in [5.41, 5.74) is 0.805. The van der Waals surface area contributed by atoms with Crippen molar-refractivity contribution in [2.75, 3.05) is 17.2 Å². The van der Waals surface area contributed by atoms with Gasteiger partial charge in [0.25, 0.3) is 5.91 Å². The van der Waals surface area contributed by atoms with Crippen LogP contribution in [0.4, 0.5) is 11.4 Å². The van der Waals surface area contributed by atoms with Crippen LogP contribution in [0.5, 0.6) is 0 Å². The molecule has 2 amide bonds. The second-order valence-corrected chi connectivity index (χ2v) is 5.86. The van der Waals surface area contributed by atoms with E-state index in [-0.39, 0.29) is 22.7 Å². The van der Waals surface area contributed by atoms with Gasteiger partial charge in [-0.3, -0.25) is 14.4 Å². The first kappa shape index (κ1) is 18.8. The molecule has 28 heavy (non-hydrogen) atoms. The van der Waals surface area contributed by atoms with Crippen molar-refractivity contribution in [3.8, 4) is 0 Å². The molecule has 0 aliphatic carbocycles. The lowest BCUT2D eigenvalue weighted by Crippen LogP contribution is -2.21. The number of carbonyl (C=O) groups excluding carboxylic acids is 3. The SMILES string of the molecule is CC(=O)Nc1cccc(NC(=O)COC(=O)c2cc(=O)c3ccccc3o2)c1. The Morgan fingerprint density at radius 1 is 0.964 bits per heavy atom. The molecule has 3 rings (SSSR count). The summed E-state index contributed by atoms with van der Waals surface area (Å²) < 4.78 is 10.3. The van der Waals surface area contributed by atoms with Crippen molar-refractivity contribution in [3.05, 3.63) is 70.6 Å². The lowest BCUT2D eigenvalue weighted by Gasteiger charge is -2.08. The molecule has 0 aliphatic rings. The Kier molecular flexibility index (Phi) is 5.50. The minimum absolute atomic E-state index is 0.241. The van der Waals surface area contributed by atoms with E-state index < -0.39 is 18.5 Å². The van der Waals surface area contributed by atoms with E-state index in [1.54, 1.807) is 48.5 Å². The van der Waals surface area contributed by atoms with E-state index >= 15 is 0 Å². The smallest absolute Gasteiger partial charge is 0.374 e. The first-order chi connectivity index (χ1) is 13.4. The highest BCUT2D eigenvalue weighted by atomic mass is 16.5. The molecule has 1 heterocycles. The zero-order valence-electron chi connectivity index (χ0n) is 14.9. The fourth-order valence-corrected chi connectivity index (χ4v) is 2.48. The number of anilines is 2. The number of amides is 2. The monoisotopic (exact) mass is 380 g/mol. The van der Waals surface area contributed by atoms with Gasteiger partial charge < -0.3 is 19.8 Å². The first-order valence-electron chi connectivity index (χ1n) is 8.30. The fraction of sp³-hybridized carbons (Fsp3) is 0.100. The van der Waals surface area contributed by atoms with Crippen molar-refractivity contribution in [1.82, 2.24) is 0 Å². The van der Waals surface area contributed by atoms with Gasteiger partial charge in [0, 0.05) is 24.4 Å². The molecule has 0 saturated carbocycles. The highest BCUT2D eigenvalue weighted by Gasteiger charge is 2.15. The summed E-state index contributed by atoms with van der Waals surface area (Å²) in [7, 11) is 0. The van der Waals surface area contributed by atoms with Crippen molar-refractivity contribution in [3.63, 3.8) is 0 Å². The molecule has 1 aromatic heterocycles. The van der Waals surface area contributed by atoms with E-state index in [0.29, 0.717) is 16.8 Å². The van der Waals surface area contributed by atoms with Crippen LogP contribution in [0, 0.1) is 0 Å². The molecule has 0 bridgehead atoms. The van der Waals surface area contributed by atoms with Crippen LogP contribution in [0.1, 0.15) is 17.5 Å². The Hall–Kier alpha value is -3.94. The van der Waals surface area contributed by atoms with Crippen LogP contribution in [-0.4, -0.2) is 24.4 Å². The molecule has 8 nitrogen and oxygen atoms in total. The summed E-state index contributed by atoms with van der Waals surface area (Å²) in [6, 6.07) is 14.0. The van der Waals surface area contributed by atoms with Crippen LogP contribution in [0.25, 0.3) is 11.0 Å². The topological polar surface area (TPSA) is 115 Å². The van der Waals surface area contributed by atoms with Crippen molar-refractivity contribution in [2.24, 2.45) is 0 Å². The molecule has 0 fully saturated rings. The van der Waals surface area contributed by atoms with Crippen LogP contribution in [0.3, 0.4) is 0 Å². The molecule has 3 aromatic rings. The van der Waals surface area contributed by atoms with Gasteiger partial charge in [0.2, 0.25) is 11.7 Å². The average Bonchev–Trinajstić information content (AvgIpc) is 2.66. The predicted molar refractivity (Wildman–Crippen MR) is 102 cm³/mol. The minimum atomic E-state index is -0.926. The van der Waals surface area contributed by atoms with Crippen LogP contribution in [0.2, 0.25) is 0 Å². The molecular formula is C20H16N2O6. The summed E-state index contributed by atoms with van der Waals surface area (Å²) in [5.74, 6) is -2.04. The first-order valence-corrected chi connectivity index (χ1v) is 8.30. The van der Waals surface area contributed by atoms with E-state index in [9.17, 15) is 19.2 Å². The standard InChI is InChI=1S/C20H16N2O6/c1-12(23)21-13-5-4-6-14(9-13)22-19(25)11-27-20(26)18-10-16(24)15-7-2-3-8-17(15)28-18/h2-10H,11H2,1H3,(H,21,23)(H,22,25). The summed E-state index contributed by atoms with van der Waals surface area (Å²) >= 11 is 0. The van der Waals surface area contributed by atoms with E-state index in [0.717, 1.165) is 6.07 Å². The van der Waals surface area contributed by atoms with Crippen LogP contribution in [0.15, 0.2) is 63.8 Å². The van der Waals surface area contributed by atoms with Gasteiger partial charge in [-0.25, -0.2) is 4.79 Å². The quantitative estimate of drug-likeness (QED) is 0.658. The number of nitrogens with one attached hydrogen (secondary N) is 2. The van der Waals surface area contributed by atoms with E-state index in [1.165, 1.54) is 6.92 Å². The van der Waals surface area contributed by atoms with E-state index in [1.807, 2.05) is 0 Å². The Morgan fingerprint density at radius 2 is 1.68 bits per heavy atom. The second-order valence-electron chi connectivity index (χ2n) is 5.86. The number of ether oxygens (including phenoxy) is 1. The molecule has 0 spiro atoms. The van der Waals surface area contributed by atoms with Gasteiger partial charge in [-0.1, -0.05) is 18.2 Å². The molecule has 2 aromatic carbocycles. The molecule has 0 saturated heterocycles. The Balaban J connectivity index is 1.62. The average molecular weight is 380 g/mol. The van der Waals surface area contributed by atoms with Gasteiger partial charge in [0.05, 0.1) is 5.39 Å². The molecular weight excluding hydrogens is 364 g/mol. The van der Waals surface area contributed by atoms with Crippen LogP contribution in [-0.2, 0) is 14.3 Å². The van der Waals surface area contributed by atoms with E-state index in [4.69, 9.17) is 9.15 Å². The van der Waals surface area contributed by atoms with Crippen molar-refractivity contribution in [2.45, 2.75) is 6.92 Å². The Bertz CT molecular complexity index is 1120. The predicted octanol–water partition coefficient (Wildman–Crippen LogP) is 2.55. The zero-order chi connectivity index (χ0) is 20.1. The number of esters is 1. The van der Waals surface area contributed by atoms with Gasteiger partial charge in [0.15, 0.2) is 12.0 Å². The maximum Gasteiger partial charge on any atom is 0.374 e. The number of rotatable bonds is 5. The number of para-hydroxylation sites is 1. The lowest BCUT2D eigenvalue weighted by atomic mass is 10.2. The summed E-state index contributed by atoms with van der Waals surface area (Å²) in [6.45, 7) is 0.801. The number of hydrogen-bond acceptors (Lipinski definition) is 6. The minimum Gasteiger partial charge on any atom is -0.450 e.